The molecule has 0 spiro atoms. The molecule has 2 aromatic carbocycles. The molecule has 2 aromatic rings. The summed E-state index contributed by atoms with van der Waals surface area (Å²) in [6.07, 6.45) is 2.83. The molecule has 0 radical (unpaired) electrons. The predicted octanol–water partition coefficient (Wildman–Crippen LogP) is 3.48. The van der Waals surface area contributed by atoms with Gasteiger partial charge in [-0.1, -0.05) is 42.3 Å². The lowest BCUT2D eigenvalue weighted by Crippen LogP contribution is -2.35. The summed E-state index contributed by atoms with van der Waals surface area (Å²) in [4.78, 5) is 24.7. The van der Waals surface area contributed by atoms with E-state index in [9.17, 15) is 18.0 Å². The fourth-order valence-corrected chi connectivity index (χ4v) is 5.30. The van der Waals surface area contributed by atoms with Gasteiger partial charge in [0.2, 0.25) is 15.9 Å². The van der Waals surface area contributed by atoms with Gasteiger partial charge in [-0.15, -0.1) is 0 Å². The van der Waals surface area contributed by atoms with E-state index < -0.39 is 22.0 Å². The summed E-state index contributed by atoms with van der Waals surface area (Å²) in [7, 11) is -2.22. The van der Waals surface area contributed by atoms with Crippen molar-refractivity contribution < 1.29 is 22.7 Å². The Morgan fingerprint density at radius 2 is 1.66 bits per heavy atom. The molecule has 1 atom stereocenters. The van der Waals surface area contributed by atoms with Crippen LogP contribution >= 0.6 is 11.6 Å². The standard InChI is InChI=1S/C23H27ClN2O5S/c1-31-23(28)16-21(18-7-9-19(24)10-8-18)25-22(27)15-17-5-11-20(12-6-17)32(29,30)26-13-3-2-4-14-26/h5-12,21H,2-4,13-16H2,1H3,(H,25,27). The molecule has 0 saturated carbocycles. The zero-order valence-electron chi connectivity index (χ0n) is 17.9. The predicted molar refractivity (Wildman–Crippen MR) is 122 cm³/mol. The average Bonchev–Trinajstić information content (AvgIpc) is 2.80. The summed E-state index contributed by atoms with van der Waals surface area (Å²) in [6, 6.07) is 12.7. The van der Waals surface area contributed by atoms with Crippen molar-refractivity contribution in [1.29, 1.82) is 0 Å². The van der Waals surface area contributed by atoms with Gasteiger partial charge in [-0.05, 0) is 48.2 Å². The van der Waals surface area contributed by atoms with E-state index >= 15 is 0 Å². The van der Waals surface area contributed by atoms with Crippen molar-refractivity contribution in [2.24, 2.45) is 0 Å². The fourth-order valence-electron chi connectivity index (χ4n) is 3.66. The maximum Gasteiger partial charge on any atom is 0.307 e. The van der Waals surface area contributed by atoms with Crippen molar-refractivity contribution in [3.8, 4) is 0 Å². The van der Waals surface area contributed by atoms with E-state index in [1.165, 1.54) is 23.5 Å². The lowest BCUT2D eigenvalue weighted by atomic mass is 10.0. The number of nitrogens with zero attached hydrogens (tertiary/aromatic N) is 1. The van der Waals surface area contributed by atoms with Crippen LogP contribution in [0, 0.1) is 0 Å². The third kappa shape index (κ3) is 6.31. The molecule has 1 heterocycles. The van der Waals surface area contributed by atoms with Crippen LogP contribution in [0.1, 0.15) is 42.9 Å². The molecule has 9 heteroatoms. The van der Waals surface area contributed by atoms with Crippen molar-refractivity contribution in [3.63, 3.8) is 0 Å². The number of hydrogen-bond acceptors (Lipinski definition) is 5. The molecule has 1 saturated heterocycles. The van der Waals surface area contributed by atoms with E-state index in [1.54, 1.807) is 36.4 Å². The first kappa shape index (κ1) is 24.2. The van der Waals surface area contributed by atoms with Crippen LogP contribution < -0.4 is 5.32 Å². The topological polar surface area (TPSA) is 92.8 Å². The van der Waals surface area contributed by atoms with Crippen LogP contribution in [0.4, 0.5) is 0 Å². The number of amides is 1. The Hall–Kier alpha value is -2.42. The van der Waals surface area contributed by atoms with Crippen LogP contribution in [0.2, 0.25) is 5.02 Å². The van der Waals surface area contributed by atoms with Crippen LogP contribution in [0.25, 0.3) is 0 Å². The molecule has 1 fully saturated rings. The highest BCUT2D eigenvalue weighted by molar-refractivity contribution is 7.89. The summed E-state index contributed by atoms with van der Waals surface area (Å²) in [6.45, 7) is 1.08. The van der Waals surface area contributed by atoms with Crippen molar-refractivity contribution >= 4 is 33.5 Å². The van der Waals surface area contributed by atoms with E-state index in [0.717, 1.165) is 24.8 Å². The second-order valence-corrected chi connectivity index (χ2v) is 10.1. The van der Waals surface area contributed by atoms with Gasteiger partial charge in [0.1, 0.15) is 0 Å². The number of hydrogen-bond donors (Lipinski definition) is 1. The highest BCUT2D eigenvalue weighted by atomic mass is 35.5. The van der Waals surface area contributed by atoms with Gasteiger partial charge in [-0.2, -0.15) is 4.31 Å². The summed E-state index contributed by atoms with van der Waals surface area (Å²) in [5, 5.41) is 3.41. The van der Waals surface area contributed by atoms with Crippen LogP contribution in [-0.4, -0.2) is 44.8 Å². The van der Waals surface area contributed by atoms with Gasteiger partial charge in [0, 0.05) is 18.1 Å². The average molecular weight is 479 g/mol. The number of carbonyl (C=O) groups excluding carboxylic acids is 2. The van der Waals surface area contributed by atoms with Crippen molar-refractivity contribution in [2.75, 3.05) is 20.2 Å². The van der Waals surface area contributed by atoms with Gasteiger partial charge < -0.3 is 10.1 Å². The first-order chi connectivity index (χ1) is 15.3. The molecule has 0 aliphatic carbocycles. The maximum atomic E-state index is 12.8. The number of ether oxygens (including phenoxy) is 1. The van der Waals surface area contributed by atoms with Crippen molar-refractivity contribution in [3.05, 3.63) is 64.7 Å². The second kappa shape index (κ2) is 10.9. The first-order valence-corrected chi connectivity index (χ1v) is 12.3. The molecule has 1 N–H and O–H groups in total. The summed E-state index contributed by atoms with van der Waals surface area (Å²) >= 11 is 5.93. The summed E-state index contributed by atoms with van der Waals surface area (Å²) in [5.41, 5.74) is 1.41. The van der Waals surface area contributed by atoms with E-state index in [2.05, 4.69) is 5.32 Å². The smallest absolute Gasteiger partial charge is 0.307 e. The number of sulfonamides is 1. The third-order valence-electron chi connectivity index (χ3n) is 5.45. The molecule has 1 aliphatic heterocycles. The highest BCUT2D eigenvalue weighted by Crippen LogP contribution is 2.22. The molecule has 32 heavy (non-hydrogen) atoms. The minimum Gasteiger partial charge on any atom is -0.469 e. The molecular formula is C23H27ClN2O5S. The third-order valence-corrected chi connectivity index (χ3v) is 7.61. The SMILES string of the molecule is COC(=O)CC(NC(=O)Cc1ccc(S(=O)(=O)N2CCCCC2)cc1)c1ccc(Cl)cc1. The molecule has 7 nitrogen and oxygen atoms in total. The first-order valence-electron chi connectivity index (χ1n) is 10.5. The molecular weight excluding hydrogens is 452 g/mol. The van der Waals surface area contributed by atoms with Gasteiger partial charge in [-0.3, -0.25) is 9.59 Å². The second-order valence-electron chi connectivity index (χ2n) is 7.74. The van der Waals surface area contributed by atoms with E-state index in [0.29, 0.717) is 23.7 Å². The normalized spacial score (nSPS) is 15.7. The number of piperidine rings is 1. The maximum absolute atomic E-state index is 12.8. The van der Waals surface area contributed by atoms with Crippen LogP contribution in [0.15, 0.2) is 53.4 Å². The van der Waals surface area contributed by atoms with Gasteiger partial charge in [0.05, 0.1) is 30.9 Å². The number of esters is 1. The van der Waals surface area contributed by atoms with E-state index in [4.69, 9.17) is 16.3 Å². The highest BCUT2D eigenvalue weighted by Gasteiger charge is 2.26. The number of rotatable bonds is 8. The fraction of sp³-hybridized carbons (Fsp3) is 0.391. The number of benzene rings is 2. The van der Waals surface area contributed by atoms with E-state index in [1.807, 2.05) is 0 Å². The van der Waals surface area contributed by atoms with Gasteiger partial charge >= 0.3 is 5.97 Å². The molecule has 1 aliphatic rings. The number of halogens is 1. The molecule has 1 amide bonds. The van der Waals surface area contributed by atoms with Crippen LogP contribution in [-0.2, 0) is 30.8 Å². The zero-order valence-corrected chi connectivity index (χ0v) is 19.5. The Balaban J connectivity index is 1.67. The lowest BCUT2D eigenvalue weighted by Gasteiger charge is -2.25. The van der Waals surface area contributed by atoms with Crippen LogP contribution in [0.5, 0.6) is 0 Å². The number of methoxy groups -OCH3 is 1. The minimum absolute atomic E-state index is 0.0170. The van der Waals surface area contributed by atoms with Crippen molar-refractivity contribution in [2.45, 2.75) is 43.0 Å². The zero-order chi connectivity index (χ0) is 23.1. The van der Waals surface area contributed by atoms with Gasteiger partial charge in [-0.25, -0.2) is 8.42 Å². The monoisotopic (exact) mass is 478 g/mol. The molecule has 3 rings (SSSR count). The Bertz CT molecular complexity index is 1030. The van der Waals surface area contributed by atoms with Gasteiger partial charge in [0.15, 0.2) is 0 Å². The largest absolute Gasteiger partial charge is 0.469 e. The summed E-state index contributed by atoms with van der Waals surface area (Å²) < 4.78 is 31.8. The van der Waals surface area contributed by atoms with Crippen molar-refractivity contribution in [1.82, 2.24) is 9.62 Å². The molecule has 1 unspecified atom stereocenters. The quantitative estimate of drug-likeness (QED) is 0.586. The number of carbonyl (C=O) groups is 2. The molecule has 172 valence electrons. The Labute approximate surface area is 193 Å². The van der Waals surface area contributed by atoms with Gasteiger partial charge in [0.25, 0.3) is 0 Å². The van der Waals surface area contributed by atoms with Crippen LogP contribution in [0.3, 0.4) is 0 Å². The van der Waals surface area contributed by atoms with E-state index in [-0.39, 0.29) is 23.6 Å². The summed E-state index contributed by atoms with van der Waals surface area (Å²) in [5.74, 6) is -0.738. The minimum atomic E-state index is -3.51. The Morgan fingerprint density at radius 1 is 1.03 bits per heavy atom. The lowest BCUT2D eigenvalue weighted by molar-refractivity contribution is -0.141. The molecule has 0 aromatic heterocycles. The Kier molecular flexibility index (Phi) is 8.28. The molecule has 0 bridgehead atoms. The Morgan fingerprint density at radius 3 is 2.25 bits per heavy atom. The number of nitrogens with one attached hydrogen (secondary N) is 1.